The molecule has 0 amide bonds. The standard InChI is InChI=1S/C27H24Cl3N3/c28-21-5-3-4-18(14-21)27(32-25-10-11-31-26-16-22(29)8-9-23(25)26)19-6-7-20(24(30)15-19)17-33-12-1-2-13-33/h3-11,14-16,27H,1-2,12-13,17H2,(H,31,32). The Kier molecular flexibility index (Phi) is 6.75. The Morgan fingerprint density at radius 2 is 1.64 bits per heavy atom. The molecule has 0 bridgehead atoms. The minimum absolute atomic E-state index is 0.136. The van der Waals surface area contributed by atoms with Crippen LogP contribution < -0.4 is 5.32 Å². The van der Waals surface area contributed by atoms with Crippen molar-refractivity contribution < 1.29 is 0 Å². The van der Waals surface area contributed by atoms with E-state index in [1.165, 1.54) is 12.8 Å². The van der Waals surface area contributed by atoms with Crippen molar-refractivity contribution >= 4 is 51.4 Å². The third kappa shape index (κ3) is 5.12. The molecule has 0 aliphatic carbocycles. The summed E-state index contributed by atoms with van der Waals surface area (Å²) in [6.07, 6.45) is 4.32. The number of hydrogen-bond donors (Lipinski definition) is 1. The zero-order chi connectivity index (χ0) is 22.8. The maximum Gasteiger partial charge on any atom is 0.0768 e. The van der Waals surface area contributed by atoms with Crippen molar-refractivity contribution in [1.82, 2.24) is 9.88 Å². The molecular weight excluding hydrogens is 473 g/mol. The van der Waals surface area contributed by atoms with Gasteiger partial charge in [0.2, 0.25) is 0 Å². The average molecular weight is 497 g/mol. The van der Waals surface area contributed by atoms with Gasteiger partial charge in [0.1, 0.15) is 0 Å². The third-order valence-electron chi connectivity index (χ3n) is 6.19. The molecule has 3 nitrogen and oxygen atoms in total. The zero-order valence-corrected chi connectivity index (χ0v) is 20.3. The van der Waals surface area contributed by atoms with Gasteiger partial charge in [-0.25, -0.2) is 0 Å². The molecule has 168 valence electrons. The van der Waals surface area contributed by atoms with Crippen LogP contribution in [-0.2, 0) is 6.54 Å². The van der Waals surface area contributed by atoms with Gasteiger partial charge >= 0.3 is 0 Å². The summed E-state index contributed by atoms with van der Waals surface area (Å²) in [5, 5.41) is 6.87. The molecule has 5 rings (SSSR count). The first-order chi connectivity index (χ1) is 16.1. The van der Waals surface area contributed by atoms with Crippen LogP contribution in [-0.4, -0.2) is 23.0 Å². The quantitative estimate of drug-likeness (QED) is 0.293. The smallest absolute Gasteiger partial charge is 0.0768 e. The van der Waals surface area contributed by atoms with Gasteiger partial charge in [0.05, 0.1) is 11.6 Å². The lowest BCUT2D eigenvalue weighted by atomic mass is 9.96. The van der Waals surface area contributed by atoms with Gasteiger partial charge in [-0.2, -0.15) is 0 Å². The molecule has 0 radical (unpaired) electrons. The number of nitrogens with zero attached hydrogens (tertiary/aromatic N) is 2. The second-order valence-corrected chi connectivity index (χ2v) is 9.77. The summed E-state index contributed by atoms with van der Waals surface area (Å²) in [5.74, 6) is 0. The van der Waals surface area contributed by atoms with Gasteiger partial charge in [-0.1, -0.05) is 59.1 Å². The van der Waals surface area contributed by atoms with Crippen molar-refractivity contribution in [3.63, 3.8) is 0 Å². The monoisotopic (exact) mass is 495 g/mol. The fraction of sp³-hybridized carbons (Fsp3) is 0.222. The highest BCUT2D eigenvalue weighted by atomic mass is 35.5. The van der Waals surface area contributed by atoms with E-state index in [2.05, 4.69) is 39.5 Å². The number of halogens is 3. The van der Waals surface area contributed by atoms with E-state index in [1.807, 2.05) is 42.5 Å². The molecule has 1 N–H and O–H groups in total. The highest BCUT2D eigenvalue weighted by molar-refractivity contribution is 6.32. The number of aromatic nitrogens is 1. The molecule has 1 aliphatic rings. The fourth-order valence-corrected chi connectivity index (χ4v) is 5.11. The van der Waals surface area contributed by atoms with Gasteiger partial charge in [-0.3, -0.25) is 9.88 Å². The Bertz CT molecular complexity index is 1280. The van der Waals surface area contributed by atoms with E-state index in [1.54, 1.807) is 6.20 Å². The second-order valence-electron chi connectivity index (χ2n) is 8.49. The molecule has 2 heterocycles. The van der Waals surface area contributed by atoms with Crippen molar-refractivity contribution in [3.05, 3.63) is 105 Å². The molecule has 33 heavy (non-hydrogen) atoms. The SMILES string of the molecule is Clc1cccc(C(Nc2ccnc3cc(Cl)ccc23)c2ccc(CN3CCCC3)c(Cl)c2)c1. The van der Waals surface area contributed by atoms with E-state index in [4.69, 9.17) is 34.8 Å². The van der Waals surface area contributed by atoms with E-state index < -0.39 is 0 Å². The predicted molar refractivity (Wildman–Crippen MR) is 140 cm³/mol. The largest absolute Gasteiger partial charge is 0.374 e. The van der Waals surface area contributed by atoms with Crippen LogP contribution >= 0.6 is 34.8 Å². The normalized spacial score (nSPS) is 15.1. The number of anilines is 1. The number of fused-ring (bicyclic) bond motifs is 1. The Hall–Kier alpha value is -2.30. The first-order valence-electron chi connectivity index (χ1n) is 11.1. The lowest BCUT2D eigenvalue weighted by Crippen LogP contribution is -2.19. The molecular formula is C27H24Cl3N3. The van der Waals surface area contributed by atoms with Crippen LogP contribution in [0, 0.1) is 0 Å². The van der Waals surface area contributed by atoms with Crippen LogP contribution in [0.15, 0.2) is 72.9 Å². The molecule has 0 saturated carbocycles. The first-order valence-corrected chi connectivity index (χ1v) is 12.3. The lowest BCUT2D eigenvalue weighted by Gasteiger charge is -2.23. The molecule has 1 fully saturated rings. The fourth-order valence-electron chi connectivity index (χ4n) is 4.50. The summed E-state index contributed by atoms with van der Waals surface area (Å²) in [5.41, 5.74) is 5.11. The summed E-state index contributed by atoms with van der Waals surface area (Å²) >= 11 is 19.3. The maximum atomic E-state index is 6.78. The van der Waals surface area contributed by atoms with Crippen molar-refractivity contribution in [3.8, 4) is 0 Å². The van der Waals surface area contributed by atoms with Crippen LogP contribution in [0.4, 0.5) is 5.69 Å². The predicted octanol–water partition coefficient (Wildman–Crippen LogP) is 7.99. The van der Waals surface area contributed by atoms with E-state index in [-0.39, 0.29) is 6.04 Å². The highest BCUT2D eigenvalue weighted by Crippen LogP contribution is 2.34. The summed E-state index contributed by atoms with van der Waals surface area (Å²) in [7, 11) is 0. The minimum Gasteiger partial charge on any atom is -0.374 e. The van der Waals surface area contributed by atoms with Crippen LogP contribution in [0.5, 0.6) is 0 Å². The van der Waals surface area contributed by atoms with Gasteiger partial charge in [0, 0.05) is 38.9 Å². The molecule has 3 aromatic carbocycles. The number of hydrogen-bond acceptors (Lipinski definition) is 3. The van der Waals surface area contributed by atoms with E-state index in [9.17, 15) is 0 Å². The van der Waals surface area contributed by atoms with Gasteiger partial charge in [0.15, 0.2) is 0 Å². The lowest BCUT2D eigenvalue weighted by molar-refractivity contribution is 0.331. The molecule has 6 heteroatoms. The molecule has 1 unspecified atom stereocenters. The van der Waals surface area contributed by atoms with Crippen molar-refractivity contribution in [1.29, 1.82) is 0 Å². The number of benzene rings is 3. The van der Waals surface area contributed by atoms with Crippen LogP contribution in [0.3, 0.4) is 0 Å². The highest BCUT2D eigenvalue weighted by Gasteiger charge is 2.19. The molecule has 0 spiro atoms. The van der Waals surface area contributed by atoms with E-state index in [0.29, 0.717) is 10.0 Å². The maximum absolute atomic E-state index is 6.78. The Labute approximate surface area is 209 Å². The summed E-state index contributed by atoms with van der Waals surface area (Å²) in [4.78, 5) is 6.93. The molecule has 1 saturated heterocycles. The summed E-state index contributed by atoms with van der Waals surface area (Å²) < 4.78 is 0. The van der Waals surface area contributed by atoms with Gasteiger partial charge in [-0.15, -0.1) is 0 Å². The Morgan fingerprint density at radius 3 is 2.42 bits per heavy atom. The van der Waals surface area contributed by atoms with Gasteiger partial charge < -0.3 is 5.32 Å². The molecule has 1 atom stereocenters. The Balaban J connectivity index is 1.52. The number of pyridine rings is 1. The van der Waals surface area contributed by atoms with Crippen LogP contribution in [0.2, 0.25) is 15.1 Å². The minimum atomic E-state index is -0.136. The molecule has 1 aliphatic heterocycles. The topological polar surface area (TPSA) is 28.2 Å². The van der Waals surface area contributed by atoms with Gasteiger partial charge in [0.25, 0.3) is 0 Å². The number of likely N-dealkylation sites (tertiary alicyclic amines) is 1. The second kappa shape index (κ2) is 9.90. The molecule has 4 aromatic rings. The number of nitrogens with one attached hydrogen (secondary N) is 1. The van der Waals surface area contributed by atoms with Crippen molar-refractivity contribution in [2.24, 2.45) is 0 Å². The molecule has 1 aromatic heterocycles. The summed E-state index contributed by atoms with van der Waals surface area (Å²) in [6, 6.07) is 21.9. The van der Waals surface area contributed by atoms with Crippen molar-refractivity contribution in [2.45, 2.75) is 25.4 Å². The number of rotatable bonds is 6. The van der Waals surface area contributed by atoms with Crippen LogP contribution in [0.25, 0.3) is 10.9 Å². The van der Waals surface area contributed by atoms with E-state index in [0.717, 1.165) is 57.9 Å². The summed E-state index contributed by atoms with van der Waals surface area (Å²) in [6.45, 7) is 3.18. The Morgan fingerprint density at radius 1 is 0.848 bits per heavy atom. The first kappa shape index (κ1) is 22.5. The van der Waals surface area contributed by atoms with Gasteiger partial charge in [-0.05, 0) is 85.1 Å². The third-order valence-corrected chi connectivity index (χ3v) is 7.01. The van der Waals surface area contributed by atoms with Crippen molar-refractivity contribution in [2.75, 3.05) is 18.4 Å². The van der Waals surface area contributed by atoms with E-state index >= 15 is 0 Å². The average Bonchev–Trinajstić information content (AvgIpc) is 3.32. The van der Waals surface area contributed by atoms with Crippen LogP contribution in [0.1, 0.15) is 35.6 Å². The zero-order valence-electron chi connectivity index (χ0n) is 18.1.